The number of nitrogens with two attached hydrogens (primary N) is 1. The molecule has 12 heteroatoms. The van der Waals surface area contributed by atoms with E-state index in [-0.39, 0.29) is 33.3 Å². The van der Waals surface area contributed by atoms with E-state index in [1.54, 1.807) is 20.8 Å². The summed E-state index contributed by atoms with van der Waals surface area (Å²) in [5.74, 6) is 2.55. The van der Waals surface area contributed by atoms with Crippen LogP contribution in [0, 0.1) is 13.8 Å². The second kappa shape index (κ2) is 7.40. The summed E-state index contributed by atoms with van der Waals surface area (Å²) in [5.41, 5.74) is 1.17. The van der Waals surface area contributed by atoms with Crippen LogP contribution in [0.1, 0.15) is 44.9 Å². The molecule has 2 heterocycles. The molecular weight excluding hydrogens is 375 g/mol. The number of carbonyl (C=O) groups is 2. The van der Waals surface area contributed by atoms with Gasteiger partial charge in [-0.15, -0.1) is 10.2 Å². The van der Waals surface area contributed by atoms with Crippen molar-refractivity contribution in [2.45, 2.75) is 32.1 Å². The average molecular weight is 391 g/mol. The fourth-order valence-corrected chi connectivity index (χ4v) is 3.09. The van der Waals surface area contributed by atoms with Crippen molar-refractivity contribution in [3.05, 3.63) is 28.3 Å². The first-order valence-corrected chi connectivity index (χ1v) is 8.36. The van der Waals surface area contributed by atoms with Gasteiger partial charge < -0.3 is 15.6 Å². The molecule has 0 bridgehead atoms. The molecule has 2 aromatic heterocycles. The van der Waals surface area contributed by atoms with E-state index in [0.717, 1.165) is 0 Å². The molecule has 2 rings (SSSR count). The number of hydrogen-bond acceptors (Lipinski definition) is 7. The van der Waals surface area contributed by atoms with E-state index in [0.29, 0.717) is 23.1 Å². The predicted octanol–water partition coefficient (Wildman–Crippen LogP) is 2.11. The van der Waals surface area contributed by atoms with Gasteiger partial charge >= 0.3 is 12.1 Å². The van der Waals surface area contributed by atoms with Gasteiger partial charge in [0.15, 0.2) is 5.78 Å². The van der Waals surface area contributed by atoms with E-state index in [2.05, 4.69) is 15.2 Å². The summed E-state index contributed by atoms with van der Waals surface area (Å²) in [4.78, 5) is 27.5. The Labute approximate surface area is 150 Å². The third-order valence-electron chi connectivity index (χ3n) is 3.38. The van der Waals surface area contributed by atoms with Crippen molar-refractivity contribution in [1.82, 2.24) is 19.9 Å². The molecule has 8 nitrogen and oxygen atoms in total. The van der Waals surface area contributed by atoms with Crippen LogP contribution >= 0.6 is 11.8 Å². The number of rotatable bonds is 6. The van der Waals surface area contributed by atoms with Gasteiger partial charge in [0.1, 0.15) is 0 Å². The third-order valence-corrected chi connectivity index (χ3v) is 4.33. The molecular formula is C14H16F3N5O3S. The van der Waals surface area contributed by atoms with Crippen LogP contribution in [-0.4, -0.2) is 44.0 Å². The monoisotopic (exact) mass is 391 g/mol. The molecule has 0 spiro atoms. The molecule has 0 aromatic carbocycles. The highest BCUT2D eigenvalue weighted by molar-refractivity contribution is 7.99. The molecule has 0 saturated heterocycles. The lowest BCUT2D eigenvalue weighted by molar-refractivity contribution is -0.146. The highest BCUT2D eigenvalue weighted by atomic mass is 32.2. The zero-order valence-electron chi connectivity index (χ0n) is 14.1. The molecule has 0 radical (unpaired) electrons. The first-order valence-electron chi connectivity index (χ1n) is 7.37. The number of halogens is 3. The summed E-state index contributed by atoms with van der Waals surface area (Å²) < 4.78 is 43.2. The van der Waals surface area contributed by atoms with Crippen molar-refractivity contribution >= 4 is 23.5 Å². The molecule has 0 atom stereocenters. The highest BCUT2D eigenvalue weighted by Crippen LogP contribution is 2.29. The standard InChI is InChI=1S/C14H16F3N5O3S/c1-4-25-11(24)10-7(3)19-6(2)9(10)8(23)5-26-13-21-20-12(22(13)18)14(15,16)17/h19H,4-5,18H2,1-3H3. The number of alkyl halides is 3. The Balaban J connectivity index is 2.22. The Morgan fingerprint density at radius 3 is 2.38 bits per heavy atom. The van der Waals surface area contributed by atoms with E-state index in [4.69, 9.17) is 10.6 Å². The molecule has 0 amide bonds. The smallest absolute Gasteiger partial charge is 0.453 e. The molecule has 3 N–H and O–H groups in total. The number of aryl methyl sites for hydroxylation is 2. The van der Waals surface area contributed by atoms with Crippen LogP contribution in [0.25, 0.3) is 0 Å². The number of carbonyl (C=O) groups excluding carboxylic acids is 2. The van der Waals surface area contributed by atoms with E-state index in [9.17, 15) is 22.8 Å². The zero-order chi connectivity index (χ0) is 19.6. The minimum absolute atomic E-state index is 0.111. The van der Waals surface area contributed by atoms with Gasteiger partial charge in [0, 0.05) is 11.4 Å². The Hall–Kier alpha value is -2.50. The van der Waals surface area contributed by atoms with Crippen LogP contribution in [-0.2, 0) is 10.9 Å². The normalized spacial score (nSPS) is 11.6. The van der Waals surface area contributed by atoms with Crippen LogP contribution in [0.3, 0.4) is 0 Å². The molecule has 0 fully saturated rings. The fourth-order valence-electron chi connectivity index (χ4n) is 2.36. The van der Waals surface area contributed by atoms with Crippen LogP contribution in [0.4, 0.5) is 13.2 Å². The lowest BCUT2D eigenvalue weighted by Crippen LogP contribution is -2.21. The van der Waals surface area contributed by atoms with Crippen molar-refractivity contribution in [3.63, 3.8) is 0 Å². The number of nitrogens with zero attached hydrogens (tertiary/aromatic N) is 3. The SMILES string of the molecule is CCOC(=O)c1c(C)[nH]c(C)c1C(=O)CSc1nnc(C(F)(F)F)n1N. The molecule has 0 aliphatic carbocycles. The summed E-state index contributed by atoms with van der Waals surface area (Å²) in [6.45, 7) is 5.01. The number of nitrogens with one attached hydrogen (secondary N) is 1. The largest absolute Gasteiger partial charge is 0.462 e. The van der Waals surface area contributed by atoms with Crippen LogP contribution < -0.4 is 5.84 Å². The van der Waals surface area contributed by atoms with Gasteiger partial charge in [-0.2, -0.15) is 13.2 Å². The quantitative estimate of drug-likeness (QED) is 0.335. The van der Waals surface area contributed by atoms with Gasteiger partial charge in [-0.1, -0.05) is 11.8 Å². The lowest BCUT2D eigenvalue weighted by Gasteiger charge is -2.07. The number of Topliss-reactive ketones (excluding diaryl/α,β-unsaturated/α-hetero) is 1. The minimum atomic E-state index is -4.75. The summed E-state index contributed by atoms with van der Waals surface area (Å²) >= 11 is 0.687. The summed E-state index contributed by atoms with van der Waals surface area (Å²) in [7, 11) is 0. The number of ether oxygens (including phenoxy) is 1. The number of nitrogen functional groups attached to an aromatic ring is 1. The maximum absolute atomic E-state index is 12.7. The molecule has 0 saturated carbocycles. The van der Waals surface area contributed by atoms with E-state index < -0.39 is 23.8 Å². The van der Waals surface area contributed by atoms with Crippen LogP contribution in [0.15, 0.2) is 5.16 Å². The highest BCUT2D eigenvalue weighted by Gasteiger charge is 2.38. The zero-order valence-corrected chi connectivity index (χ0v) is 14.9. The first-order chi connectivity index (χ1) is 12.1. The van der Waals surface area contributed by atoms with Gasteiger partial charge in [-0.25, -0.2) is 9.47 Å². The maximum atomic E-state index is 12.7. The summed E-state index contributed by atoms with van der Waals surface area (Å²) in [6, 6.07) is 0. The van der Waals surface area contributed by atoms with Gasteiger partial charge in [0.05, 0.1) is 23.5 Å². The molecule has 0 unspecified atom stereocenters. The maximum Gasteiger partial charge on any atom is 0.453 e. The Morgan fingerprint density at radius 1 is 1.23 bits per heavy atom. The van der Waals surface area contributed by atoms with E-state index >= 15 is 0 Å². The van der Waals surface area contributed by atoms with Crippen molar-refractivity contribution in [2.75, 3.05) is 18.2 Å². The first kappa shape index (κ1) is 19.8. The summed E-state index contributed by atoms with van der Waals surface area (Å²) in [5, 5.41) is 6.05. The molecule has 2 aromatic rings. The van der Waals surface area contributed by atoms with E-state index in [1.807, 2.05) is 0 Å². The lowest BCUT2D eigenvalue weighted by atomic mass is 10.1. The number of aromatic nitrogens is 4. The Morgan fingerprint density at radius 2 is 1.85 bits per heavy atom. The topological polar surface area (TPSA) is 116 Å². The third kappa shape index (κ3) is 3.84. The molecule has 26 heavy (non-hydrogen) atoms. The molecule has 142 valence electrons. The number of aromatic amines is 1. The molecule has 0 aliphatic heterocycles. The van der Waals surface area contributed by atoms with Crippen molar-refractivity contribution in [2.24, 2.45) is 0 Å². The Bertz CT molecular complexity index is 844. The predicted molar refractivity (Wildman–Crippen MR) is 86.5 cm³/mol. The number of hydrogen-bond donors (Lipinski definition) is 2. The van der Waals surface area contributed by atoms with Gasteiger partial charge in [-0.3, -0.25) is 4.79 Å². The average Bonchev–Trinajstić information content (AvgIpc) is 3.04. The van der Waals surface area contributed by atoms with Crippen molar-refractivity contribution in [3.8, 4) is 0 Å². The number of H-pyrrole nitrogens is 1. The number of ketones is 1. The summed E-state index contributed by atoms with van der Waals surface area (Å²) in [6.07, 6.45) is -4.75. The van der Waals surface area contributed by atoms with Crippen molar-refractivity contribution < 1.29 is 27.5 Å². The van der Waals surface area contributed by atoms with Crippen LogP contribution in [0.2, 0.25) is 0 Å². The van der Waals surface area contributed by atoms with Crippen molar-refractivity contribution in [1.29, 1.82) is 0 Å². The Kier molecular flexibility index (Phi) is 5.64. The van der Waals surface area contributed by atoms with Gasteiger partial charge in [0.25, 0.3) is 5.82 Å². The van der Waals surface area contributed by atoms with E-state index in [1.165, 1.54) is 0 Å². The van der Waals surface area contributed by atoms with Gasteiger partial charge in [0.2, 0.25) is 5.16 Å². The fraction of sp³-hybridized carbons (Fsp3) is 0.429. The number of esters is 1. The van der Waals surface area contributed by atoms with Gasteiger partial charge in [-0.05, 0) is 20.8 Å². The minimum Gasteiger partial charge on any atom is -0.462 e. The second-order valence-corrected chi connectivity index (χ2v) is 6.17. The van der Waals surface area contributed by atoms with Crippen LogP contribution in [0.5, 0.6) is 0 Å². The number of thioether (sulfide) groups is 1. The molecule has 0 aliphatic rings. The second-order valence-electron chi connectivity index (χ2n) is 5.23.